The minimum atomic E-state index is -0.861. The number of amides is 1. The highest BCUT2D eigenvalue weighted by Gasteiger charge is 2.22. The Balaban J connectivity index is 1.69. The molecule has 0 aromatic heterocycles. The number of carbonyl (C=O) groups is 1. The molecule has 25 heavy (non-hydrogen) atoms. The van der Waals surface area contributed by atoms with Crippen LogP contribution >= 0.6 is 0 Å². The monoisotopic (exact) mass is 350 g/mol. The Kier molecular flexibility index (Phi) is 7.06. The predicted octanol–water partition coefficient (Wildman–Crippen LogP) is 2.90. The minimum absolute atomic E-state index is 0.0912. The van der Waals surface area contributed by atoms with E-state index in [0.29, 0.717) is 26.3 Å². The van der Waals surface area contributed by atoms with Crippen molar-refractivity contribution in [2.24, 2.45) is 5.16 Å². The molecule has 1 aromatic carbocycles. The van der Waals surface area contributed by atoms with E-state index in [0.717, 1.165) is 35.4 Å². The van der Waals surface area contributed by atoms with E-state index in [-0.39, 0.29) is 6.10 Å². The molecule has 1 N–H and O–H groups in total. The Morgan fingerprint density at radius 2 is 2.04 bits per heavy atom. The summed E-state index contributed by atoms with van der Waals surface area (Å²) in [5.74, 6) is 0.847. The molecule has 1 saturated heterocycles. The van der Waals surface area contributed by atoms with E-state index < -0.39 is 6.09 Å². The third-order valence-corrected chi connectivity index (χ3v) is 4.25. The predicted molar refractivity (Wildman–Crippen MR) is 94.5 cm³/mol. The molecule has 7 heteroatoms. The lowest BCUT2D eigenvalue weighted by atomic mass is 10.1. The molecule has 1 aliphatic rings. The topological polar surface area (TPSA) is 80.6 Å². The molecule has 0 atom stereocenters. The number of oxime groups is 1. The van der Waals surface area contributed by atoms with Gasteiger partial charge in [0.1, 0.15) is 12.4 Å². The molecule has 1 heterocycles. The van der Waals surface area contributed by atoms with Crippen molar-refractivity contribution in [2.75, 3.05) is 33.4 Å². The molecule has 1 amide bonds. The van der Waals surface area contributed by atoms with E-state index in [1.807, 2.05) is 32.0 Å². The molecule has 138 valence electrons. The average Bonchev–Trinajstić information content (AvgIpc) is 2.61. The Bertz CT molecular complexity index is 609. The van der Waals surface area contributed by atoms with Crippen LogP contribution in [0.5, 0.6) is 5.75 Å². The number of methoxy groups -OCH3 is 1. The van der Waals surface area contributed by atoms with Crippen LogP contribution in [0.4, 0.5) is 4.79 Å². The fourth-order valence-electron chi connectivity index (χ4n) is 2.76. The normalized spacial score (nSPS) is 16.0. The van der Waals surface area contributed by atoms with Crippen molar-refractivity contribution in [2.45, 2.75) is 32.8 Å². The number of rotatable bonds is 7. The molecular weight excluding hydrogens is 324 g/mol. The van der Waals surface area contributed by atoms with Gasteiger partial charge in [0.05, 0.1) is 25.5 Å². The summed E-state index contributed by atoms with van der Waals surface area (Å²) in [5, 5.41) is 13.0. The molecule has 0 aliphatic carbocycles. The molecule has 0 spiro atoms. The van der Waals surface area contributed by atoms with Crippen LogP contribution in [0.3, 0.4) is 0 Å². The second-order valence-electron chi connectivity index (χ2n) is 6.03. The second kappa shape index (κ2) is 9.27. The SMILES string of the molecule is COc1ccc(/C(C)=N\OCCOC2CCN(C(=O)O)CC2)cc1C. The number of hydrogen-bond donors (Lipinski definition) is 1. The van der Waals surface area contributed by atoms with Crippen molar-refractivity contribution in [3.63, 3.8) is 0 Å². The first-order valence-corrected chi connectivity index (χ1v) is 8.42. The van der Waals surface area contributed by atoms with Gasteiger partial charge in [-0.15, -0.1) is 0 Å². The molecule has 2 rings (SSSR count). The standard InChI is InChI=1S/C18H26N2O5/c1-13-12-15(4-5-17(13)23-3)14(2)19-25-11-10-24-16-6-8-20(9-7-16)18(21)22/h4-5,12,16H,6-11H2,1-3H3,(H,21,22)/b19-14-. The molecule has 1 aliphatic heterocycles. The quantitative estimate of drug-likeness (QED) is 0.465. The molecular formula is C18H26N2O5. The van der Waals surface area contributed by atoms with E-state index in [1.54, 1.807) is 7.11 Å². The van der Waals surface area contributed by atoms with E-state index in [4.69, 9.17) is 19.4 Å². The molecule has 0 unspecified atom stereocenters. The van der Waals surface area contributed by atoms with Gasteiger partial charge in [-0.05, 0) is 56.0 Å². The number of hydrogen-bond acceptors (Lipinski definition) is 5. The number of benzene rings is 1. The van der Waals surface area contributed by atoms with Crippen molar-refractivity contribution < 1.29 is 24.2 Å². The van der Waals surface area contributed by atoms with Gasteiger partial charge in [-0.3, -0.25) is 0 Å². The van der Waals surface area contributed by atoms with Crippen LogP contribution in [-0.2, 0) is 9.57 Å². The Labute approximate surface area is 148 Å². The maximum atomic E-state index is 10.8. The summed E-state index contributed by atoms with van der Waals surface area (Å²) >= 11 is 0. The van der Waals surface area contributed by atoms with Crippen molar-refractivity contribution in [1.82, 2.24) is 4.90 Å². The van der Waals surface area contributed by atoms with Gasteiger partial charge in [0.15, 0.2) is 0 Å². The first-order chi connectivity index (χ1) is 12.0. The number of ether oxygens (including phenoxy) is 2. The van der Waals surface area contributed by atoms with Gasteiger partial charge in [-0.25, -0.2) is 4.79 Å². The third-order valence-electron chi connectivity index (χ3n) is 4.25. The van der Waals surface area contributed by atoms with Crippen LogP contribution in [0.1, 0.15) is 30.9 Å². The van der Waals surface area contributed by atoms with Gasteiger partial charge in [0, 0.05) is 13.1 Å². The lowest BCUT2D eigenvalue weighted by Gasteiger charge is -2.29. The molecule has 7 nitrogen and oxygen atoms in total. The Morgan fingerprint density at radius 3 is 2.64 bits per heavy atom. The van der Waals surface area contributed by atoms with Gasteiger partial charge in [0.2, 0.25) is 0 Å². The molecule has 0 bridgehead atoms. The van der Waals surface area contributed by atoms with Crippen LogP contribution in [0.15, 0.2) is 23.4 Å². The summed E-state index contributed by atoms with van der Waals surface area (Å²) in [7, 11) is 1.65. The number of piperidine rings is 1. The summed E-state index contributed by atoms with van der Waals surface area (Å²) in [6.45, 7) is 5.73. The zero-order valence-electron chi connectivity index (χ0n) is 15.0. The molecule has 0 saturated carbocycles. The molecule has 1 fully saturated rings. The van der Waals surface area contributed by atoms with Gasteiger partial charge >= 0.3 is 6.09 Å². The highest BCUT2D eigenvalue weighted by molar-refractivity contribution is 5.98. The fraction of sp³-hybridized carbons (Fsp3) is 0.556. The Morgan fingerprint density at radius 1 is 1.32 bits per heavy atom. The van der Waals surface area contributed by atoms with Gasteiger partial charge in [-0.2, -0.15) is 0 Å². The summed E-state index contributed by atoms with van der Waals surface area (Å²) in [4.78, 5) is 17.6. The number of nitrogens with zero attached hydrogens (tertiary/aromatic N) is 2. The number of carboxylic acid groups (broad SMARTS) is 1. The van der Waals surface area contributed by atoms with Crippen molar-refractivity contribution in [3.05, 3.63) is 29.3 Å². The van der Waals surface area contributed by atoms with Crippen molar-refractivity contribution >= 4 is 11.8 Å². The maximum absolute atomic E-state index is 10.8. The zero-order chi connectivity index (χ0) is 18.2. The number of likely N-dealkylation sites (tertiary alicyclic amines) is 1. The van der Waals surface area contributed by atoms with Gasteiger partial charge in [-0.1, -0.05) is 5.16 Å². The average molecular weight is 350 g/mol. The molecule has 0 radical (unpaired) electrons. The van der Waals surface area contributed by atoms with E-state index in [2.05, 4.69) is 5.16 Å². The van der Waals surface area contributed by atoms with Gasteiger partial charge in [0.25, 0.3) is 0 Å². The lowest BCUT2D eigenvalue weighted by molar-refractivity contribution is -0.0192. The van der Waals surface area contributed by atoms with Crippen LogP contribution in [0, 0.1) is 6.92 Å². The fourth-order valence-corrected chi connectivity index (χ4v) is 2.76. The van der Waals surface area contributed by atoms with Crippen LogP contribution in [0.2, 0.25) is 0 Å². The zero-order valence-corrected chi connectivity index (χ0v) is 15.0. The summed E-state index contributed by atoms with van der Waals surface area (Å²) < 4.78 is 11.0. The lowest BCUT2D eigenvalue weighted by Crippen LogP contribution is -2.40. The Hall–Kier alpha value is -2.28. The summed E-state index contributed by atoms with van der Waals surface area (Å²) in [5.41, 5.74) is 2.83. The maximum Gasteiger partial charge on any atom is 0.407 e. The number of aryl methyl sites for hydroxylation is 1. The minimum Gasteiger partial charge on any atom is -0.496 e. The van der Waals surface area contributed by atoms with Crippen LogP contribution in [-0.4, -0.2) is 61.3 Å². The summed E-state index contributed by atoms with van der Waals surface area (Å²) in [6, 6.07) is 5.87. The van der Waals surface area contributed by atoms with E-state index in [9.17, 15) is 4.79 Å². The van der Waals surface area contributed by atoms with Crippen molar-refractivity contribution in [1.29, 1.82) is 0 Å². The van der Waals surface area contributed by atoms with Crippen LogP contribution < -0.4 is 4.74 Å². The first kappa shape index (κ1) is 19.1. The van der Waals surface area contributed by atoms with Gasteiger partial charge < -0.3 is 24.3 Å². The highest BCUT2D eigenvalue weighted by Crippen LogP contribution is 2.19. The third kappa shape index (κ3) is 5.63. The van der Waals surface area contributed by atoms with Crippen molar-refractivity contribution in [3.8, 4) is 5.75 Å². The van der Waals surface area contributed by atoms with Crippen LogP contribution in [0.25, 0.3) is 0 Å². The molecule has 1 aromatic rings. The largest absolute Gasteiger partial charge is 0.496 e. The smallest absolute Gasteiger partial charge is 0.407 e. The van der Waals surface area contributed by atoms with E-state index >= 15 is 0 Å². The highest BCUT2D eigenvalue weighted by atomic mass is 16.6. The van der Waals surface area contributed by atoms with E-state index in [1.165, 1.54) is 4.90 Å². The first-order valence-electron chi connectivity index (χ1n) is 8.42. The second-order valence-corrected chi connectivity index (χ2v) is 6.03. The summed E-state index contributed by atoms with van der Waals surface area (Å²) in [6.07, 6.45) is 0.674.